The lowest BCUT2D eigenvalue weighted by atomic mass is 9.93. The molecule has 0 spiro atoms. The molecule has 1 fully saturated rings. The molecule has 1 aromatic heterocycles. The van der Waals surface area contributed by atoms with Gasteiger partial charge < -0.3 is 14.6 Å². The molecule has 1 aliphatic rings. The zero-order valence-electron chi connectivity index (χ0n) is 12.2. The normalized spacial score (nSPS) is 17.7. The van der Waals surface area contributed by atoms with Gasteiger partial charge in [-0.3, -0.25) is 4.79 Å². The summed E-state index contributed by atoms with van der Waals surface area (Å²) in [6.45, 7) is 3.07. The fraction of sp³-hybridized carbons (Fsp3) is 0.353. The molecule has 0 atom stereocenters. The maximum Gasteiger partial charge on any atom is 0.253 e. The predicted molar refractivity (Wildman–Crippen MR) is 81.5 cm³/mol. The van der Waals surface area contributed by atoms with Crippen molar-refractivity contribution in [1.29, 1.82) is 0 Å². The third-order valence-electron chi connectivity index (χ3n) is 4.14. The second-order valence-electron chi connectivity index (χ2n) is 5.93. The summed E-state index contributed by atoms with van der Waals surface area (Å²) in [5.41, 5.74) is 1.11. The van der Waals surface area contributed by atoms with Gasteiger partial charge in [-0.25, -0.2) is 0 Å². The van der Waals surface area contributed by atoms with E-state index in [1.165, 1.54) is 0 Å². The first-order valence-corrected chi connectivity index (χ1v) is 7.30. The van der Waals surface area contributed by atoms with Crippen LogP contribution in [0.4, 0.5) is 0 Å². The van der Waals surface area contributed by atoms with Crippen molar-refractivity contribution in [2.75, 3.05) is 13.1 Å². The van der Waals surface area contributed by atoms with Crippen molar-refractivity contribution in [1.82, 2.24) is 9.47 Å². The quantitative estimate of drug-likeness (QED) is 0.920. The molecule has 0 radical (unpaired) electrons. The van der Waals surface area contributed by atoms with Gasteiger partial charge in [0, 0.05) is 36.7 Å². The topological polar surface area (TPSA) is 45.5 Å². The smallest absolute Gasteiger partial charge is 0.253 e. The van der Waals surface area contributed by atoms with Crippen molar-refractivity contribution < 1.29 is 9.90 Å². The Hall–Kier alpha value is -2.07. The van der Waals surface area contributed by atoms with E-state index < -0.39 is 5.60 Å². The minimum Gasteiger partial charge on any atom is -0.390 e. The molecule has 21 heavy (non-hydrogen) atoms. The molecule has 1 N–H and O–H groups in total. The molecule has 0 bridgehead atoms. The Balaban J connectivity index is 1.71. The third-order valence-corrected chi connectivity index (χ3v) is 4.14. The zero-order chi connectivity index (χ0) is 14.9. The van der Waals surface area contributed by atoms with Crippen LogP contribution in [-0.2, 0) is 0 Å². The second-order valence-corrected chi connectivity index (χ2v) is 5.93. The van der Waals surface area contributed by atoms with Crippen LogP contribution in [0.3, 0.4) is 0 Å². The Morgan fingerprint density at radius 2 is 1.67 bits per heavy atom. The molecule has 0 saturated carbocycles. The van der Waals surface area contributed by atoms with Gasteiger partial charge in [0.2, 0.25) is 0 Å². The highest BCUT2D eigenvalue weighted by Gasteiger charge is 2.29. The number of carbonyl (C=O) groups is 1. The predicted octanol–water partition coefficient (Wildman–Crippen LogP) is 2.46. The largest absolute Gasteiger partial charge is 0.390 e. The summed E-state index contributed by atoms with van der Waals surface area (Å²) in [5, 5.41) is 9.95. The van der Waals surface area contributed by atoms with Crippen molar-refractivity contribution in [3.63, 3.8) is 0 Å². The summed E-state index contributed by atoms with van der Waals surface area (Å²) < 4.78 is 2.01. The fourth-order valence-corrected chi connectivity index (χ4v) is 2.66. The van der Waals surface area contributed by atoms with Crippen molar-refractivity contribution in [3.05, 3.63) is 54.4 Å². The first-order valence-electron chi connectivity index (χ1n) is 7.30. The lowest BCUT2D eigenvalue weighted by Gasteiger charge is -2.35. The van der Waals surface area contributed by atoms with Crippen LogP contribution >= 0.6 is 0 Å². The molecule has 1 amide bonds. The number of benzene rings is 1. The highest BCUT2D eigenvalue weighted by Crippen LogP contribution is 2.22. The van der Waals surface area contributed by atoms with Gasteiger partial charge >= 0.3 is 0 Å². The summed E-state index contributed by atoms with van der Waals surface area (Å²) >= 11 is 0. The average Bonchev–Trinajstić information content (AvgIpc) is 3.01. The second kappa shape index (κ2) is 5.37. The molecule has 110 valence electrons. The first kappa shape index (κ1) is 13.9. The molecule has 1 saturated heterocycles. The van der Waals surface area contributed by atoms with Crippen LogP contribution in [0.25, 0.3) is 5.69 Å². The molecular weight excluding hydrogens is 264 g/mol. The van der Waals surface area contributed by atoms with Crippen molar-refractivity contribution >= 4 is 5.91 Å². The van der Waals surface area contributed by atoms with Gasteiger partial charge in [-0.2, -0.15) is 0 Å². The Kier molecular flexibility index (Phi) is 3.55. The molecule has 3 rings (SSSR count). The van der Waals surface area contributed by atoms with Crippen molar-refractivity contribution in [3.8, 4) is 5.69 Å². The molecule has 4 nitrogen and oxygen atoms in total. The van der Waals surface area contributed by atoms with E-state index >= 15 is 0 Å². The Morgan fingerprint density at radius 3 is 2.24 bits per heavy atom. The van der Waals surface area contributed by atoms with Crippen LogP contribution < -0.4 is 0 Å². The minimum absolute atomic E-state index is 0.0459. The van der Waals surface area contributed by atoms with E-state index in [-0.39, 0.29) is 5.91 Å². The van der Waals surface area contributed by atoms with Crippen LogP contribution in [0.15, 0.2) is 48.8 Å². The zero-order valence-corrected chi connectivity index (χ0v) is 12.2. The number of carbonyl (C=O) groups excluding carboxylic acids is 1. The molecule has 4 heteroatoms. The van der Waals surface area contributed by atoms with Gasteiger partial charge in [0.25, 0.3) is 5.91 Å². The van der Waals surface area contributed by atoms with E-state index in [0.29, 0.717) is 31.5 Å². The van der Waals surface area contributed by atoms with Gasteiger partial charge in [0.15, 0.2) is 0 Å². The standard InChI is InChI=1S/C17H20N2O2/c1-17(21)8-12-19(13-9-17)16(20)14-4-6-15(7-5-14)18-10-2-3-11-18/h2-7,10-11,21H,8-9,12-13H2,1H3. The van der Waals surface area contributed by atoms with E-state index in [1.54, 1.807) is 0 Å². The molecule has 2 aromatic rings. The number of hydrogen-bond acceptors (Lipinski definition) is 2. The van der Waals surface area contributed by atoms with E-state index in [2.05, 4.69) is 0 Å². The van der Waals surface area contributed by atoms with Crippen molar-refractivity contribution in [2.24, 2.45) is 0 Å². The monoisotopic (exact) mass is 284 g/mol. The number of amides is 1. The summed E-state index contributed by atoms with van der Waals surface area (Å²) in [7, 11) is 0. The number of aromatic nitrogens is 1. The molecule has 1 aliphatic heterocycles. The fourth-order valence-electron chi connectivity index (χ4n) is 2.66. The summed E-state index contributed by atoms with van der Waals surface area (Å²) in [5.74, 6) is 0.0459. The average molecular weight is 284 g/mol. The van der Waals surface area contributed by atoms with Gasteiger partial charge in [-0.15, -0.1) is 0 Å². The Labute approximate surface area is 124 Å². The van der Waals surface area contributed by atoms with Gasteiger partial charge in [0.05, 0.1) is 5.60 Å². The number of rotatable bonds is 2. The minimum atomic E-state index is -0.630. The van der Waals surface area contributed by atoms with Crippen LogP contribution in [0, 0.1) is 0 Å². The van der Waals surface area contributed by atoms with Crippen LogP contribution in [0.1, 0.15) is 30.1 Å². The van der Waals surface area contributed by atoms with E-state index in [0.717, 1.165) is 5.69 Å². The van der Waals surface area contributed by atoms with Crippen molar-refractivity contribution in [2.45, 2.75) is 25.4 Å². The van der Waals surface area contributed by atoms with E-state index in [9.17, 15) is 9.90 Å². The van der Waals surface area contributed by atoms with Gasteiger partial charge in [0.1, 0.15) is 0 Å². The highest BCUT2D eigenvalue weighted by molar-refractivity contribution is 5.94. The van der Waals surface area contributed by atoms with E-state index in [1.807, 2.05) is 65.2 Å². The number of likely N-dealkylation sites (tertiary alicyclic amines) is 1. The maximum atomic E-state index is 12.4. The number of hydrogen-bond donors (Lipinski definition) is 1. The molecular formula is C17H20N2O2. The summed E-state index contributed by atoms with van der Waals surface area (Å²) in [6.07, 6.45) is 5.23. The summed E-state index contributed by atoms with van der Waals surface area (Å²) in [6, 6.07) is 11.6. The first-order chi connectivity index (χ1) is 10.1. The molecule has 1 aromatic carbocycles. The van der Waals surface area contributed by atoms with E-state index in [4.69, 9.17) is 0 Å². The molecule has 2 heterocycles. The van der Waals surface area contributed by atoms with Crippen LogP contribution in [-0.4, -0.2) is 39.2 Å². The van der Waals surface area contributed by atoms with Gasteiger partial charge in [-0.05, 0) is 56.2 Å². The van der Waals surface area contributed by atoms with Crippen LogP contribution in [0.5, 0.6) is 0 Å². The lowest BCUT2D eigenvalue weighted by Crippen LogP contribution is -2.45. The maximum absolute atomic E-state index is 12.4. The highest BCUT2D eigenvalue weighted by atomic mass is 16.3. The molecule has 0 aliphatic carbocycles. The Morgan fingerprint density at radius 1 is 1.10 bits per heavy atom. The third kappa shape index (κ3) is 3.00. The number of nitrogens with zero attached hydrogens (tertiary/aromatic N) is 2. The van der Waals surface area contributed by atoms with Crippen LogP contribution in [0.2, 0.25) is 0 Å². The SMILES string of the molecule is CC1(O)CCN(C(=O)c2ccc(-n3cccc3)cc2)CC1. The lowest BCUT2D eigenvalue weighted by molar-refractivity contribution is -0.00202. The number of piperidine rings is 1. The Bertz CT molecular complexity index is 605. The molecule has 0 unspecified atom stereocenters. The number of aliphatic hydroxyl groups is 1. The van der Waals surface area contributed by atoms with Gasteiger partial charge in [-0.1, -0.05) is 0 Å². The summed E-state index contributed by atoms with van der Waals surface area (Å²) in [4.78, 5) is 14.3.